The Morgan fingerprint density at radius 1 is 1.27 bits per heavy atom. The van der Waals surface area contributed by atoms with Crippen molar-refractivity contribution in [2.24, 2.45) is 7.05 Å². The highest BCUT2D eigenvalue weighted by Crippen LogP contribution is 2.24. The first-order valence-corrected chi connectivity index (χ1v) is 10.9. The summed E-state index contributed by atoms with van der Waals surface area (Å²) >= 11 is 0. The second kappa shape index (κ2) is 9.89. The van der Waals surface area contributed by atoms with Gasteiger partial charge in [0.15, 0.2) is 9.84 Å². The van der Waals surface area contributed by atoms with Gasteiger partial charge in [-0.2, -0.15) is 10.4 Å². The maximum atomic E-state index is 12.7. The molecule has 1 aromatic heterocycles. The molecule has 2 N–H and O–H groups in total. The van der Waals surface area contributed by atoms with Crippen molar-refractivity contribution >= 4 is 33.2 Å². The molecule has 2 aromatic rings. The number of para-hydroxylation sites is 2. The lowest BCUT2D eigenvalue weighted by Gasteiger charge is -2.16. The highest BCUT2D eigenvalue weighted by atomic mass is 32.2. The van der Waals surface area contributed by atoms with Crippen molar-refractivity contribution in [3.05, 3.63) is 36.0 Å². The van der Waals surface area contributed by atoms with Gasteiger partial charge in [-0.25, -0.2) is 8.42 Å². The van der Waals surface area contributed by atoms with Gasteiger partial charge in [0.1, 0.15) is 34.2 Å². The van der Waals surface area contributed by atoms with Crippen molar-refractivity contribution < 1.29 is 22.7 Å². The van der Waals surface area contributed by atoms with Gasteiger partial charge >= 0.3 is 0 Å². The van der Waals surface area contributed by atoms with Crippen LogP contribution >= 0.6 is 0 Å². The van der Waals surface area contributed by atoms with Crippen molar-refractivity contribution in [3.8, 4) is 11.8 Å². The van der Waals surface area contributed by atoms with E-state index in [1.165, 1.54) is 24.9 Å². The fraction of sp³-hybridized carbons (Fsp3) is 0.368. The molecule has 0 aliphatic rings. The third kappa shape index (κ3) is 5.36. The molecule has 0 aliphatic heterocycles. The third-order valence-corrected chi connectivity index (χ3v) is 6.27. The molecule has 1 heterocycles. The largest absolute Gasteiger partial charge is 0.492 e. The number of carbonyl (C=O) groups excluding carboxylic acids is 2. The zero-order valence-corrected chi connectivity index (χ0v) is 17.7. The first kappa shape index (κ1) is 22.9. The Hall–Kier alpha value is -3.39. The van der Waals surface area contributed by atoms with Crippen LogP contribution in [0.15, 0.2) is 30.5 Å². The SMILES string of the molecule is CCOc1ccccc1NC(=O)CS(=O)(=O)C(CC)C(=O)Nc1c(C#N)cnn1C. The Kier molecular flexibility index (Phi) is 7.54. The van der Waals surface area contributed by atoms with Gasteiger partial charge in [0.05, 0.1) is 18.5 Å². The summed E-state index contributed by atoms with van der Waals surface area (Å²) in [5, 5.41) is 16.4. The van der Waals surface area contributed by atoms with Gasteiger partial charge in [0.2, 0.25) is 11.8 Å². The van der Waals surface area contributed by atoms with Crippen LogP contribution in [0.3, 0.4) is 0 Å². The Bertz CT molecular complexity index is 1070. The van der Waals surface area contributed by atoms with Crippen LogP contribution in [-0.2, 0) is 26.5 Å². The standard InChI is InChI=1S/C19H23N5O5S/c1-4-16(19(26)23-18-13(10-20)11-21-24(18)3)30(27,28)12-17(25)22-14-8-6-7-9-15(14)29-5-2/h6-9,11,16H,4-5,12H2,1-3H3,(H,22,25)(H,23,26). The summed E-state index contributed by atoms with van der Waals surface area (Å²) in [5.74, 6) is -2.00. The predicted molar refractivity (Wildman–Crippen MR) is 111 cm³/mol. The molecule has 2 rings (SSSR count). The molecule has 0 spiro atoms. The molecule has 0 saturated carbocycles. The molecule has 1 unspecified atom stereocenters. The number of amides is 2. The van der Waals surface area contributed by atoms with Crippen molar-refractivity contribution in [1.29, 1.82) is 5.26 Å². The first-order valence-electron chi connectivity index (χ1n) is 9.19. The molecule has 1 atom stereocenters. The number of hydrogen-bond donors (Lipinski definition) is 2. The van der Waals surface area contributed by atoms with E-state index in [1.807, 2.05) is 6.07 Å². The normalized spacial score (nSPS) is 11.9. The highest BCUT2D eigenvalue weighted by molar-refractivity contribution is 7.93. The summed E-state index contributed by atoms with van der Waals surface area (Å²) < 4.78 is 32.1. The number of aromatic nitrogens is 2. The van der Waals surface area contributed by atoms with Crippen LogP contribution in [0.2, 0.25) is 0 Å². The van der Waals surface area contributed by atoms with E-state index >= 15 is 0 Å². The number of nitriles is 1. The van der Waals surface area contributed by atoms with Crippen LogP contribution in [0.4, 0.5) is 11.5 Å². The number of nitrogens with zero attached hydrogens (tertiary/aromatic N) is 3. The van der Waals surface area contributed by atoms with Crippen LogP contribution < -0.4 is 15.4 Å². The molecule has 0 aliphatic carbocycles. The molecule has 0 saturated heterocycles. The van der Waals surface area contributed by atoms with Crippen LogP contribution in [0, 0.1) is 11.3 Å². The molecular weight excluding hydrogens is 410 g/mol. The summed E-state index contributed by atoms with van der Waals surface area (Å²) in [6.45, 7) is 3.69. The Morgan fingerprint density at radius 2 is 1.97 bits per heavy atom. The number of ether oxygens (including phenoxy) is 1. The molecule has 0 fully saturated rings. The van der Waals surface area contributed by atoms with Crippen LogP contribution in [-0.4, -0.2) is 47.6 Å². The van der Waals surface area contributed by atoms with E-state index in [1.54, 1.807) is 31.2 Å². The molecule has 1 aromatic carbocycles. The van der Waals surface area contributed by atoms with Gasteiger partial charge < -0.3 is 15.4 Å². The molecule has 0 bridgehead atoms. The zero-order chi connectivity index (χ0) is 22.3. The lowest BCUT2D eigenvalue weighted by molar-refractivity contribution is -0.115. The fourth-order valence-corrected chi connectivity index (χ4v) is 4.32. The minimum Gasteiger partial charge on any atom is -0.492 e. The lowest BCUT2D eigenvalue weighted by Crippen LogP contribution is -2.39. The molecule has 2 amide bonds. The van der Waals surface area contributed by atoms with Gasteiger partial charge in [0.25, 0.3) is 0 Å². The van der Waals surface area contributed by atoms with Crippen LogP contribution in [0.1, 0.15) is 25.8 Å². The van der Waals surface area contributed by atoms with E-state index in [9.17, 15) is 18.0 Å². The summed E-state index contributed by atoms with van der Waals surface area (Å²) in [6, 6.07) is 8.51. The van der Waals surface area contributed by atoms with E-state index < -0.39 is 32.7 Å². The minimum atomic E-state index is -4.13. The number of hydrogen-bond acceptors (Lipinski definition) is 7. The van der Waals surface area contributed by atoms with Crippen molar-refractivity contribution in [3.63, 3.8) is 0 Å². The van der Waals surface area contributed by atoms with Gasteiger partial charge in [-0.05, 0) is 25.5 Å². The molecule has 11 heteroatoms. The van der Waals surface area contributed by atoms with E-state index in [0.29, 0.717) is 18.0 Å². The number of rotatable bonds is 9. The average molecular weight is 433 g/mol. The Morgan fingerprint density at radius 3 is 2.60 bits per heavy atom. The molecule has 30 heavy (non-hydrogen) atoms. The van der Waals surface area contributed by atoms with E-state index in [2.05, 4.69) is 15.7 Å². The van der Waals surface area contributed by atoms with Crippen molar-refractivity contribution in [2.45, 2.75) is 25.5 Å². The quantitative estimate of drug-likeness (QED) is 0.609. The monoisotopic (exact) mass is 433 g/mol. The smallest absolute Gasteiger partial charge is 0.243 e. The minimum absolute atomic E-state index is 0.0449. The van der Waals surface area contributed by atoms with E-state index in [0.717, 1.165) is 0 Å². The maximum absolute atomic E-state index is 12.7. The second-order valence-corrected chi connectivity index (χ2v) is 8.50. The summed E-state index contributed by atoms with van der Waals surface area (Å²) in [5.41, 5.74) is 0.439. The van der Waals surface area contributed by atoms with E-state index in [-0.39, 0.29) is 17.8 Å². The van der Waals surface area contributed by atoms with Gasteiger partial charge in [-0.15, -0.1) is 0 Å². The highest BCUT2D eigenvalue weighted by Gasteiger charge is 2.34. The number of anilines is 2. The number of carbonyl (C=O) groups is 2. The summed E-state index contributed by atoms with van der Waals surface area (Å²) in [6.07, 6.45) is 1.21. The average Bonchev–Trinajstić information content (AvgIpc) is 3.03. The number of nitrogens with one attached hydrogen (secondary N) is 2. The van der Waals surface area contributed by atoms with E-state index in [4.69, 9.17) is 10.00 Å². The summed E-state index contributed by atoms with van der Waals surface area (Å²) in [4.78, 5) is 25.0. The lowest BCUT2D eigenvalue weighted by atomic mass is 10.3. The van der Waals surface area contributed by atoms with Crippen molar-refractivity contribution in [2.75, 3.05) is 23.0 Å². The van der Waals surface area contributed by atoms with Crippen LogP contribution in [0.25, 0.3) is 0 Å². The Balaban J connectivity index is 2.14. The van der Waals surface area contributed by atoms with Gasteiger partial charge in [0, 0.05) is 7.05 Å². The molecule has 10 nitrogen and oxygen atoms in total. The number of benzene rings is 1. The van der Waals surface area contributed by atoms with Gasteiger partial charge in [-0.3, -0.25) is 14.3 Å². The first-order chi connectivity index (χ1) is 14.2. The third-order valence-electron chi connectivity index (χ3n) is 4.19. The molecule has 160 valence electrons. The molecule has 0 radical (unpaired) electrons. The predicted octanol–water partition coefficient (Wildman–Crippen LogP) is 1.46. The zero-order valence-electron chi connectivity index (χ0n) is 16.9. The van der Waals surface area contributed by atoms with Crippen LogP contribution in [0.5, 0.6) is 5.75 Å². The number of sulfone groups is 1. The Labute approximate surface area is 174 Å². The molecular formula is C19H23N5O5S. The fourth-order valence-electron chi connectivity index (χ4n) is 2.79. The van der Waals surface area contributed by atoms with Gasteiger partial charge in [-0.1, -0.05) is 19.1 Å². The van der Waals surface area contributed by atoms with Crippen molar-refractivity contribution in [1.82, 2.24) is 9.78 Å². The maximum Gasteiger partial charge on any atom is 0.243 e. The topological polar surface area (TPSA) is 143 Å². The summed E-state index contributed by atoms with van der Waals surface area (Å²) in [7, 11) is -2.62. The number of aryl methyl sites for hydroxylation is 1. The second-order valence-electron chi connectivity index (χ2n) is 6.31.